The summed E-state index contributed by atoms with van der Waals surface area (Å²) in [6.07, 6.45) is 1.90. The van der Waals surface area contributed by atoms with Gasteiger partial charge in [0.1, 0.15) is 5.01 Å². The highest BCUT2D eigenvalue weighted by Crippen LogP contribution is 2.26. The number of piperazine rings is 1. The Bertz CT molecular complexity index is 316. The molecular formula is C12H21N3S. The molecule has 1 aliphatic rings. The normalized spacial score (nSPS) is 23.6. The lowest BCUT2D eigenvalue weighted by Gasteiger charge is -2.43. The van der Waals surface area contributed by atoms with Gasteiger partial charge < -0.3 is 5.32 Å². The van der Waals surface area contributed by atoms with Crippen LogP contribution >= 0.6 is 11.3 Å². The lowest BCUT2D eigenvalue weighted by molar-refractivity contribution is 0.0688. The van der Waals surface area contributed by atoms with Crippen molar-refractivity contribution in [3.8, 4) is 0 Å². The van der Waals surface area contributed by atoms with Crippen LogP contribution in [0.2, 0.25) is 0 Å². The number of thiazole rings is 1. The van der Waals surface area contributed by atoms with E-state index in [1.165, 1.54) is 5.01 Å². The van der Waals surface area contributed by atoms with E-state index in [4.69, 9.17) is 0 Å². The fourth-order valence-corrected chi connectivity index (χ4v) is 2.94. The van der Waals surface area contributed by atoms with Crippen LogP contribution in [-0.2, 0) is 6.54 Å². The van der Waals surface area contributed by atoms with Crippen LogP contribution in [0.1, 0.15) is 25.8 Å². The maximum absolute atomic E-state index is 4.38. The minimum absolute atomic E-state index is 0.324. The first kappa shape index (κ1) is 12.0. The van der Waals surface area contributed by atoms with Crippen LogP contribution in [0.5, 0.6) is 0 Å². The summed E-state index contributed by atoms with van der Waals surface area (Å²) >= 11 is 1.76. The average Bonchev–Trinajstić information content (AvgIpc) is 2.70. The zero-order valence-corrected chi connectivity index (χ0v) is 11.2. The van der Waals surface area contributed by atoms with Gasteiger partial charge in [-0.1, -0.05) is 20.8 Å². The average molecular weight is 239 g/mol. The molecule has 0 amide bonds. The van der Waals surface area contributed by atoms with Crippen LogP contribution in [-0.4, -0.2) is 35.6 Å². The Balaban J connectivity index is 2.05. The van der Waals surface area contributed by atoms with Crippen molar-refractivity contribution in [3.05, 3.63) is 16.6 Å². The predicted octanol–water partition coefficient (Wildman–Crippen LogP) is 1.96. The molecule has 90 valence electrons. The van der Waals surface area contributed by atoms with Gasteiger partial charge >= 0.3 is 0 Å². The van der Waals surface area contributed by atoms with E-state index in [9.17, 15) is 0 Å². The summed E-state index contributed by atoms with van der Waals surface area (Å²) in [5.74, 6) is 0. The van der Waals surface area contributed by atoms with E-state index in [-0.39, 0.29) is 0 Å². The Hall–Kier alpha value is -0.450. The maximum atomic E-state index is 4.38. The molecule has 1 saturated heterocycles. The lowest BCUT2D eigenvalue weighted by atomic mass is 9.84. The van der Waals surface area contributed by atoms with Gasteiger partial charge in [-0.3, -0.25) is 4.90 Å². The number of nitrogens with one attached hydrogen (secondary N) is 1. The van der Waals surface area contributed by atoms with E-state index in [1.807, 2.05) is 6.20 Å². The Labute approximate surface area is 102 Å². The minimum Gasteiger partial charge on any atom is -0.314 e. The second-order valence-corrected chi connectivity index (χ2v) is 6.46. The van der Waals surface area contributed by atoms with Gasteiger partial charge in [-0.2, -0.15) is 0 Å². The molecule has 0 spiro atoms. The summed E-state index contributed by atoms with van der Waals surface area (Å²) in [5, 5.41) is 6.78. The molecule has 0 aromatic carbocycles. The van der Waals surface area contributed by atoms with Crippen LogP contribution in [0.15, 0.2) is 11.6 Å². The highest BCUT2D eigenvalue weighted by molar-refractivity contribution is 7.09. The highest BCUT2D eigenvalue weighted by Gasteiger charge is 2.32. The number of aromatic nitrogens is 1. The minimum atomic E-state index is 0.324. The van der Waals surface area contributed by atoms with Gasteiger partial charge in [-0.05, 0) is 5.41 Å². The molecule has 1 fully saturated rings. The van der Waals surface area contributed by atoms with E-state index in [1.54, 1.807) is 11.3 Å². The van der Waals surface area contributed by atoms with Crippen molar-refractivity contribution in [1.82, 2.24) is 15.2 Å². The summed E-state index contributed by atoms with van der Waals surface area (Å²) in [6.45, 7) is 11.3. The second-order valence-electron chi connectivity index (χ2n) is 5.48. The zero-order valence-electron chi connectivity index (χ0n) is 10.4. The van der Waals surface area contributed by atoms with Crippen molar-refractivity contribution in [2.45, 2.75) is 33.4 Å². The number of rotatable bonds is 2. The summed E-state index contributed by atoms with van der Waals surface area (Å²) in [4.78, 5) is 6.95. The molecule has 16 heavy (non-hydrogen) atoms. The number of hydrogen-bond donors (Lipinski definition) is 1. The van der Waals surface area contributed by atoms with Crippen molar-refractivity contribution < 1.29 is 0 Å². The smallest absolute Gasteiger partial charge is 0.107 e. The van der Waals surface area contributed by atoms with Crippen molar-refractivity contribution in [2.24, 2.45) is 5.41 Å². The van der Waals surface area contributed by atoms with Crippen molar-refractivity contribution in [3.63, 3.8) is 0 Å². The SMILES string of the molecule is CC(C)(C)C1CNCCN1Cc1nccs1. The van der Waals surface area contributed by atoms with E-state index in [0.717, 1.165) is 26.2 Å². The first-order chi connectivity index (χ1) is 7.57. The highest BCUT2D eigenvalue weighted by atomic mass is 32.1. The second kappa shape index (κ2) is 4.82. The van der Waals surface area contributed by atoms with Gasteiger partial charge in [0.25, 0.3) is 0 Å². The molecule has 0 saturated carbocycles. The Morgan fingerprint density at radius 3 is 3.00 bits per heavy atom. The van der Waals surface area contributed by atoms with Gasteiger partial charge in [-0.25, -0.2) is 4.98 Å². The van der Waals surface area contributed by atoms with Gasteiger partial charge in [0.2, 0.25) is 0 Å². The summed E-state index contributed by atoms with van der Waals surface area (Å²) < 4.78 is 0. The topological polar surface area (TPSA) is 28.2 Å². The molecule has 1 aliphatic heterocycles. The third kappa shape index (κ3) is 2.81. The van der Waals surface area contributed by atoms with Crippen LogP contribution in [0.4, 0.5) is 0 Å². The maximum Gasteiger partial charge on any atom is 0.107 e. The number of nitrogens with zero attached hydrogens (tertiary/aromatic N) is 2. The zero-order chi connectivity index (χ0) is 11.6. The largest absolute Gasteiger partial charge is 0.314 e. The molecular weight excluding hydrogens is 218 g/mol. The summed E-state index contributed by atoms with van der Waals surface area (Å²) in [7, 11) is 0. The molecule has 1 aromatic rings. The van der Waals surface area contributed by atoms with Gasteiger partial charge in [0.15, 0.2) is 0 Å². The van der Waals surface area contributed by atoms with Crippen LogP contribution < -0.4 is 5.32 Å². The fourth-order valence-electron chi connectivity index (χ4n) is 2.29. The van der Waals surface area contributed by atoms with E-state index in [2.05, 4.69) is 41.4 Å². The molecule has 1 unspecified atom stereocenters. The molecule has 0 aliphatic carbocycles. The fraction of sp³-hybridized carbons (Fsp3) is 0.750. The molecule has 0 bridgehead atoms. The molecule has 1 N–H and O–H groups in total. The van der Waals surface area contributed by atoms with Gasteiger partial charge in [-0.15, -0.1) is 11.3 Å². The summed E-state index contributed by atoms with van der Waals surface area (Å²) in [5.41, 5.74) is 0.324. The van der Waals surface area contributed by atoms with Gasteiger partial charge in [0, 0.05) is 37.3 Å². The van der Waals surface area contributed by atoms with Crippen molar-refractivity contribution >= 4 is 11.3 Å². The molecule has 1 atom stereocenters. The summed E-state index contributed by atoms with van der Waals surface area (Å²) in [6, 6.07) is 0.602. The Kier molecular flexibility index (Phi) is 3.62. The van der Waals surface area contributed by atoms with Crippen LogP contribution in [0.25, 0.3) is 0 Å². The standard InChI is InChI=1S/C12H21N3S/c1-12(2,3)10-8-13-4-6-15(10)9-11-14-5-7-16-11/h5,7,10,13H,4,6,8-9H2,1-3H3. The quantitative estimate of drug-likeness (QED) is 0.855. The third-order valence-corrected chi connectivity index (χ3v) is 3.94. The predicted molar refractivity (Wildman–Crippen MR) is 68.6 cm³/mol. The molecule has 3 nitrogen and oxygen atoms in total. The van der Waals surface area contributed by atoms with Crippen molar-refractivity contribution in [1.29, 1.82) is 0 Å². The van der Waals surface area contributed by atoms with Crippen molar-refractivity contribution in [2.75, 3.05) is 19.6 Å². The van der Waals surface area contributed by atoms with E-state index >= 15 is 0 Å². The first-order valence-electron chi connectivity index (χ1n) is 5.90. The van der Waals surface area contributed by atoms with E-state index < -0.39 is 0 Å². The molecule has 0 radical (unpaired) electrons. The third-order valence-electron chi connectivity index (χ3n) is 3.18. The van der Waals surface area contributed by atoms with Crippen LogP contribution in [0.3, 0.4) is 0 Å². The van der Waals surface area contributed by atoms with Crippen LogP contribution in [0, 0.1) is 5.41 Å². The molecule has 4 heteroatoms. The number of hydrogen-bond acceptors (Lipinski definition) is 4. The molecule has 2 rings (SSSR count). The monoisotopic (exact) mass is 239 g/mol. The lowest BCUT2D eigenvalue weighted by Crippen LogP contribution is -2.56. The molecule has 2 heterocycles. The first-order valence-corrected chi connectivity index (χ1v) is 6.78. The Morgan fingerprint density at radius 1 is 1.56 bits per heavy atom. The van der Waals surface area contributed by atoms with E-state index in [0.29, 0.717) is 11.5 Å². The Morgan fingerprint density at radius 2 is 2.38 bits per heavy atom. The van der Waals surface area contributed by atoms with Gasteiger partial charge in [0.05, 0.1) is 6.54 Å². The molecule has 1 aromatic heterocycles.